The van der Waals surface area contributed by atoms with Gasteiger partial charge in [-0.15, -0.1) is 0 Å². The van der Waals surface area contributed by atoms with Crippen LogP contribution in [0.1, 0.15) is 41.4 Å². The summed E-state index contributed by atoms with van der Waals surface area (Å²) in [6.45, 7) is 5.87. The van der Waals surface area contributed by atoms with Crippen LogP contribution in [0.4, 0.5) is 11.5 Å². The highest BCUT2D eigenvalue weighted by Crippen LogP contribution is 2.29. The predicted molar refractivity (Wildman–Crippen MR) is 84.8 cm³/mol. The van der Waals surface area contributed by atoms with Gasteiger partial charge in [0.1, 0.15) is 5.82 Å². The van der Waals surface area contributed by atoms with Crippen molar-refractivity contribution in [2.45, 2.75) is 26.7 Å². The van der Waals surface area contributed by atoms with Crippen LogP contribution in [0.2, 0.25) is 5.02 Å². The molecule has 0 spiro atoms. The summed E-state index contributed by atoms with van der Waals surface area (Å²) in [5.74, 6) is -0.356. The molecule has 0 aliphatic carbocycles. The first-order chi connectivity index (χ1) is 9.88. The number of aryl methyl sites for hydroxylation is 1. The Morgan fingerprint density at radius 2 is 2.05 bits per heavy atom. The maximum absolute atomic E-state index is 11.2. The van der Waals surface area contributed by atoms with Gasteiger partial charge < -0.3 is 10.4 Å². The normalized spacial score (nSPS) is 10.7. The molecule has 110 valence electrons. The van der Waals surface area contributed by atoms with E-state index >= 15 is 0 Å². The summed E-state index contributed by atoms with van der Waals surface area (Å²) in [7, 11) is 0. The van der Waals surface area contributed by atoms with E-state index in [1.807, 2.05) is 32.9 Å². The Hall–Kier alpha value is -2.07. The molecule has 0 bridgehead atoms. The number of hydrogen-bond donors (Lipinski definition) is 2. The minimum Gasteiger partial charge on any atom is -0.478 e. The lowest BCUT2D eigenvalue weighted by Crippen LogP contribution is -2.05. The summed E-state index contributed by atoms with van der Waals surface area (Å²) in [4.78, 5) is 15.7. The number of carboxylic acid groups (broad SMARTS) is 1. The van der Waals surface area contributed by atoms with E-state index < -0.39 is 5.97 Å². The van der Waals surface area contributed by atoms with Crippen molar-refractivity contribution in [2.75, 3.05) is 5.32 Å². The summed E-state index contributed by atoms with van der Waals surface area (Å²) >= 11 is 6.18. The Balaban J connectivity index is 2.46. The smallest absolute Gasteiger partial charge is 0.335 e. The third-order valence-corrected chi connectivity index (χ3v) is 3.47. The van der Waals surface area contributed by atoms with Crippen LogP contribution in [0.25, 0.3) is 0 Å². The maximum Gasteiger partial charge on any atom is 0.335 e. The standard InChI is InChI=1S/C16H17ClN2O2/c1-9(2)13-7-11(16(20)21)8-14(18-13)19-15-10(3)5-4-6-12(15)17/h4-9H,1-3H3,(H,18,19)(H,20,21). The molecule has 0 saturated carbocycles. The van der Waals surface area contributed by atoms with E-state index in [1.54, 1.807) is 12.1 Å². The number of rotatable bonds is 4. The lowest BCUT2D eigenvalue weighted by Gasteiger charge is -2.13. The van der Waals surface area contributed by atoms with Crippen molar-refractivity contribution in [3.05, 3.63) is 52.2 Å². The van der Waals surface area contributed by atoms with Gasteiger partial charge >= 0.3 is 5.97 Å². The van der Waals surface area contributed by atoms with E-state index in [0.29, 0.717) is 10.8 Å². The van der Waals surface area contributed by atoms with Crippen LogP contribution < -0.4 is 5.32 Å². The van der Waals surface area contributed by atoms with Gasteiger partial charge in [0.15, 0.2) is 0 Å². The van der Waals surface area contributed by atoms with Crippen molar-refractivity contribution in [3.8, 4) is 0 Å². The first-order valence-electron chi connectivity index (χ1n) is 6.66. The highest BCUT2D eigenvalue weighted by atomic mass is 35.5. The van der Waals surface area contributed by atoms with Gasteiger partial charge in [0, 0.05) is 5.69 Å². The molecule has 2 rings (SSSR count). The minimum absolute atomic E-state index is 0.136. The Morgan fingerprint density at radius 1 is 1.33 bits per heavy atom. The number of aromatic nitrogens is 1. The number of anilines is 2. The van der Waals surface area contributed by atoms with Crippen molar-refractivity contribution in [2.24, 2.45) is 0 Å². The van der Waals surface area contributed by atoms with Gasteiger partial charge in [0.25, 0.3) is 0 Å². The molecule has 4 nitrogen and oxygen atoms in total. The van der Waals surface area contributed by atoms with E-state index in [1.165, 1.54) is 6.07 Å². The molecule has 0 aliphatic rings. The Kier molecular flexibility index (Phi) is 4.48. The van der Waals surface area contributed by atoms with Crippen molar-refractivity contribution < 1.29 is 9.90 Å². The average Bonchev–Trinajstić information content (AvgIpc) is 2.42. The Morgan fingerprint density at radius 3 is 2.62 bits per heavy atom. The zero-order valence-corrected chi connectivity index (χ0v) is 12.9. The number of pyridine rings is 1. The van der Waals surface area contributed by atoms with Crippen molar-refractivity contribution in [3.63, 3.8) is 0 Å². The second kappa shape index (κ2) is 6.14. The number of carbonyl (C=O) groups is 1. The van der Waals surface area contributed by atoms with Crippen LogP contribution >= 0.6 is 11.6 Å². The monoisotopic (exact) mass is 304 g/mol. The van der Waals surface area contributed by atoms with Gasteiger partial charge in [0.2, 0.25) is 0 Å². The van der Waals surface area contributed by atoms with Gasteiger partial charge in [-0.2, -0.15) is 0 Å². The highest BCUT2D eigenvalue weighted by molar-refractivity contribution is 6.33. The molecule has 1 heterocycles. The van der Waals surface area contributed by atoms with Gasteiger partial charge in [-0.1, -0.05) is 37.6 Å². The zero-order chi connectivity index (χ0) is 15.6. The zero-order valence-electron chi connectivity index (χ0n) is 12.1. The number of para-hydroxylation sites is 1. The fourth-order valence-corrected chi connectivity index (χ4v) is 2.22. The molecule has 1 aromatic heterocycles. The number of nitrogens with one attached hydrogen (secondary N) is 1. The van der Waals surface area contributed by atoms with Gasteiger partial charge in [-0.3, -0.25) is 0 Å². The Labute approximate surface area is 128 Å². The Bertz CT molecular complexity index is 664. The molecule has 2 aromatic rings. The predicted octanol–water partition coefficient (Wildman–Crippen LogP) is 4.61. The molecule has 5 heteroatoms. The molecule has 0 aliphatic heterocycles. The fraction of sp³-hybridized carbons (Fsp3) is 0.250. The number of benzene rings is 1. The van der Waals surface area contributed by atoms with E-state index in [4.69, 9.17) is 11.6 Å². The first-order valence-corrected chi connectivity index (χ1v) is 7.03. The summed E-state index contributed by atoms with van der Waals surface area (Å²) in [6.07, 6.45) is 0. The van der Waals surface area contributed by atoms with E-state index in [0.717, 1.165) is 16.9 Å². The first kappa shape index (κ1) is 15.3. The maximum atomic E-state index is 11.2. The molecule has 0 amide bonds. The summed E-state index contributed by atoms with van der Waals surface area (Å²) in [5.41, 5.74) is 2.64. The summed E-state index contributed by atoms with van der Waals surface area (Å²) < 4.78 is 0. The quantitative estimate of drug-likeness (QED) is 0.866. The number of hydrogen-bond acceptors (Lipinski definition) is 3. The number of nitrogens with zero attached hydrogens (tertiary/aromatic N) is 1. The van der Waals surface area contributed by atoms with Gasteiger partial charge in [-0.05, 0) is 36.6 Å². The third-order valence-electron chi connectivity index (χ3n) is 3.16. The molecular weight excluding hydrogens is 288 g/mol. The van der Waals surface area contributed by atoms with Crippen LogP contribution in [0, 0.1) is 6.92 Å². The molecular formula is C16H17ClN2O2. The number of carboxylic acids is 1. The van der Waals surface area contributed by atoms with Crippen LogP contribution in [0.5, 0.6) is 0 Å². The molecule has 0 atom stereocenters. The molecule has 1 aromatic carbocycles. The SMILES string of the molecule is Cc1cccc(Cl)c1Nc1cc(C(=O)O)cc(C(C)C)n1. The molecule has 2 N–H and O–H groups in total. The number of halogens is 1. The second-order valence-corrected chi connectivity index (χ2v) is 5.59. The third kappa shape index (κ3) is 3.52. The van der Waals surface area contributed by atoms with Crippen LogP contribution in [0.3, 0.4) is 0 Å². The summed E-state index contributed by atoms with van der Waals surface area (Å²) in [6, 6.07) is 8.68. The van der Waals surface area contributed by atoms with E-state index in [-0.39, 0.29) is 11.5 Å². The lowest BCUT2D eigenvalue weighted by molar-refractivity contribution is 0.0696. The fourth-order valence-electron chi connectivity index (χ4n) is 1.95. The van der Waals surface area contributed by atoms with E-state index in [9.17, 15) is 9.90 Å². The molecule has 0 radical (unpaired) electrons. The molecule has 0 fully saturated rings. The van der Waals surface area contributed by atoms with Crippen LogP contribution in [-0.2, 0) is 0 Å². The van der Waals surface area contributed by atoms with Gasteiger partial charge in [-0.25, -0.2) is 9.78 Å². The minimum atomic E-state index is -0.974. The molecule has 0 saturated heterocycles. The largest absolute Gasteiger partial charge is 0.478 e. The van der Waals surface area contributed by atoms with Crippen molar-refractivity contribution in [1.82, 2.24) is 4.98 Å². The average molecular weight is 305 g/mol. The topological polar surface area (TPSA) is 62.2 Å². The van der Waals surface area contributed by atoms with Gasteiger partial charge in [0.05, 0.1) is 16.3 Å². The second-order valence-electron chi connectivity index (χ2n) is 5.18. The van der Waals surface area contributed by atoms with E-state index in [2.05, 4.69) is 10.3 Å². The summed E-state index contributed by atoms with van der Waals surface area (Å²) in [5, 5.41) is 12.9. The highest BCUT2D eigenvalue weighted by Gasteiger charge is 2.12. The molecule has 21 heavy (non-hydrogen) atoms. The lowest BCUT2D eigenvalue weighted by atomic mass is 10.1. The van der Waals surface area contributed by atoms with Crippen molar-refractivity contribution >= 4 is 29.1 Å². The van der Waals surface area contributed by atoms with Crippen LogP contribution in [0.15, 0.2) is 30.3 Å². The van der Waals surface area contributed by atoms with Crippen molar-refractivity contribution in [1.29, 1.82) is 0 Å². The number of aromatic carboxylic acids is 1. The molecule has 0 unspecified atom stereocenters. The van der Waals surface area contributed by atoms with Crippen LogP contribution in [-0.4, -0.2) is 16.1 Å².